The Bertz CT molecular complexity index is 398. The lowest BCUT2D eigenvalue weighted by Gasteiger charge is -2.26. The summed E-state index contributed by atoms with van der Waals surface area (Å²) in [5.74, 6) is -0.263. The fourth-order valence-corrected chi connectivity index (χ4v) is 2.53. The highest BCUT2D eigenvalue weighted by molar-refractivity contribution is 5.96. The highest BCUT2D eigenvalue weighted by atomic mass is 16.7. The molecule has 0 saturated heterocycles. The molecule has 0 aromatic carbocycles. The first-order valence-corrected chi connectivity index (χ1v) is 8.71. The molecule has 1 aliphatic heterocycles. The van der Waals surface area contributed by atoms with Gasteiger partial charge in [-0.2, -0.15) is 0 Å². The van der Waals surface area contributed by atoms with Gasteiger partial charge in [0.05, 0.1) is 11.8 Å². The van der Waals surface area contributed by atoms with E-state index in [-0.39, 0.29) is 17.5 Å². The van der Waals surface area contributed by atoms with Crippen LogP contribution in [0.5, 0.6) is 0 Å². The van der Waals surface area contributed by atoms with Crippen LogP contribution in [0, 0.1) is 5.41 Å². The summed E-state index contributed by atoms with van der Waals surface area (Å²) in [6.45, 7) is 12.4. The second kappa shape index (κ2) is 7.98. The molecule has 4 heteroatoms. The van der Waals surface area contributed by atoms with Crippen LogP contribution < -0.4 is 0 Å². The molecule has 1 heterocycles. The standard InChI is InChI=1S/C18H33NO3/c1-7-9-10-11-12-14(3)21-16(20)18(8-2)13-15(19-22-18)17(4,5)6/h14H,7-13H2,1-6H3. The van der Waals surface area contributed by atoms with E-state index in [4.69, 9.17) is 9.57 Å². The summed E-state index contributed by atoms with van der Waals surface area (Å²) in [4.78, 5) is 18.1. The molecule has 128 valence electrons. The lowest BCUT2D eigenvalue weighted by Crippen LogP contribution is -2.42. The van der Waals surface area contributed by atoms with Crippen molar-refractivity contribution in [3.63, 3.8) is 0 Å². The molecule has 1 aliphatic rings. The number of nitrogens with zero attached hydrogens (tertiary/aromatic N) is 1. The molecule has 0 aromatic rings. The molecule has 0 fully saturated rings. The van der Waals surface area contributed by atoms with Crippen LogP contribution in [-0.4, -0.2) is 23.4 Å². The third-order valence-electron chi connectivity index (χ3n) is 4.36. The van der Waals surface area contributed by atoms with Crippen molar-refractivity contribution in [3.8, 4) is 0 Å². The molecule has 0 amide bonds. The quantitative estimate of drug-likeness (QED) is 0.475. The van der Waals surface area contributed by atoms with Crippen LogP contribution in [0.2, 0.25) is 0 Å². The summed E-state index contributed by atoms with van der Waals surface area (Å²) in [6.07, 6.45) is 6.73. The average molecular weight is 311 g/mol. The second-order valence-corrected chi connectivity index (χ2v) is 7.47. The maximum absolute atomic E-state index is 12.5. The number of carbonyl (C=O) groups excluding carboxylic acids is 1. The van der Waals surface area contributed by atoms with Gasteiger partial charge in [-0.3, -0.25) is 0 Å². The Morgan fingerprint density at radius 1 is 1.32 bits per heavy atom. The summed E-state index contributed by atoms with van der Waals surface area (Å²) in [6, 6.07) is 0. The number of ether oxygens (including phenoxy) is 1. The normalized spacial score (nSPS) is 22.9. The van der Waals surface area contributed by atoms with Gasteiger partial charge in [0.2, 0.25) is 5.60 Å². The summed E-state index contributed by atoms with van der Waals surface area (Å²) in [5.41, 5.74) is -0.0645. The van der Waals surface area contributed by atoms with E-state index in [1.807, 2.05) is 13.8 Å². The molecule has 2 unspecified atom stereocenters. The molecule has 0 N–H and O–H groups in total. The molecule has 4 nitrogen and oxygen atoms in total. The zero-order valence-electron chi connectivity index (χ0n) is 15.2. The van der Waals surface area contributed by atoms with Gasteiger partial charge >= 0.3 is 5.97 Å². The zero-order chi connectivity index (χ0) is 16.8. The minimum Gasteiger partial charge on any atom is -0.460 e. The average Bonchev–Trinajstić information content (AvgIpc) is 2.89. The molecular weight excluding hydrogens is 278 g/mol. The fourth-order valence-electron chi connectivity index (χ4n) is 2.53. The first kappa shape index (κ1) is 19.0. The van der Waals surface area contributed by atoms with Crippen molar-refractivity contribution in [2.45, 2.75) is 98.2 Å². The molecule has 1 rings (SSSR count). The van der Waals surface area contributed by atoms with Gasteiger partial charge in [0, 0.05) is 11.8 Å². The number of hydrogen-bond donors (Lipinski definition) is 0. The molecular formula is C18H33NO3. The van der Waals surface area contributed by atoms with Gasteiger partial charge in [-0.15, -0.1) is 0 Å². The summed E-state index contributed by atoms with van der Waals surface area (Å²) < 4.78 is 5.63. The van der Waals surface area contributed by atoms with Crippen molar-refractivity contribution >= 4 is 11.7 Å². The predicted molar refractivity (Wildman–Crippen MR) is 89.9 cm³/mol. The van der Waals surface area contributed by atoms with Gasteiger partial charge in [-0.1, -0.05) is 59.0 Å². The molecule has 2 atom stereocenters. The van der Waals surface area contributed by atoms with Crippen LogP contribution >= 0.6 is 0 Å². The lowest BCUT2D eigenvalue weighted by atomic mass is 9.82. The highest BCUT2D eigenvalue weighted by Gasteiger charge is 2.49. The molecule has 0 aliphatic carbocycles. The fraction of sp³-hybridized carbons (Fsp3) is 0.889. The van der Waals surface area contributed by atoms with E-state index in [1.54, 1.807) is 0 Å². The van der Waals surface area contributed by atoms with Crippen LogP contribution in [0.3, 0.4) is 0 Å². The van der Waals surface area contributed by atoms with E-state index in [0.29, 0.717) is 12.8 Å². The Morgan fingerprint density at radius 3 is 2.50 bits per heavy atom. The molecule has 0 radical (unpaired) electrons. The second-order valence-electron chi connectivity index (χ2n) is 7.47. The third kappa shape index (κ3) is 4.99. The Labute approximate surface area is 135 Å². The number of rotatable bonds is 8. The Morgan fingerprint density at radius 2 is 2.00 bits per heavy atom. The number of carbonyl (C=O) groups is 1. The third-order valence-corrected chi connectivity index (χ3v) is 4.36. The van der Waals surface area contributed by atoms with E-state index < -0.39 is 5.60 Å². The molecule has 0 aromatic heterocycles. The molecule has 0 spiro atoms. The molecule has 0 bridgehead atoms. The van der Waals surface area contributed by atoms with E-state index in [2.05, 4.69) is 32.9 Å². The lowest BCUT2D eigenvalue weighted by molar-refractivity contribution is -0.175. The van der Waals surface area contributed by atoms with Gasteiger partial charge < -0.3 is 9.57 Å². The molecule has 22 heavy (non-hydrogen) atoms. The predicted octanol–water partition coefficient (Wildman–Crippen LogP) is 4.86. The van der Waals surface area contributed by atoms with Gasteiger partial charge in [0.25, 0.3) is 0 Å². The van der Waals surface area contributed by atoms with Gasteiger partial charge in [-0.05, 0) is 26.2 Å². The first-order valence-electron chi connectivity index (χ1n) is 8.71. The maximum Gasteiger partial charge on any atom is 0.354 e. The van der Waals surface area contributed by atoms with E-state index >= 15 is 0 Å². The number of unbranched alkanes of at least 4 members (excludes halogenated alkanes) is 3. The van der Waals surface area contributed by atoms with E-state index in [1.165, 1.54) is 19.3 Å². The van der Waals surface area contributed by atoms with Crippen LogP contribution in [0.1, 0.15) is 86.5 Å². The topological polar surface area (TPSA) is 47.9 Å². The largest absolute Gasteiger partial charge is 0.460 e. The van der Waals surface area contributed by atoms with Gasteiger partial charge in [0.15, 0.2) is 0 Å². The number of esters is 1. The van der Waals surface area contributed by atoms with Crippen molar-refractivity contribution in [2.24, 2.45) is 10.6 Å². The van der Waals surface area contributed by atoms with Crippen molar-refractivity contribution in [1.82, 2.24) is 0 Å². The van der Waals surface area contributed by atoms with Crippen molar-refractivity contribution in [1.29, 1.82) is 0 Å². The van der Waals surface area contributed by atoms with Crippen LogP contribution in [-0.2, 0) is 14.4 Å². The van der Waals surface area contributed by atoms with Gasteiger partial charge in [0.1, 0.15) is 0 Å². The van der Waals surface area contributed by atoms with Crippen molar-refractivity contribution in [2.75, 3.05) is 0 Å². The van der Waals surface area contributed by atoms with Crippen LogP contribution in [0.25, 0.3) is 0 Å². The van der Waals surface area contributed by atoms with Gasteiger partial charge in [-0.25, -0.2) is 4.79 Å². The van der Waals surface area contributed by atoms with Crippen molar-refractivity contribution in [3.05, 3.63) is 0 Å². The number of oxime groups is 1. The minimum atomic E-state index is -0.916. The molecule has 0 saturated carbocycles. The van der Waals surface area contributed by atoms with Crippen LogP contribution in [0.15, 0.2) is 5.16 Å². The minimum absolute atomic E-state index is 0.0601. The summed E-state index contributed by atoms with van der Waals surface area (Å²) >= 11 is 0. The van der Waals surface area contributed by atoms with Crippen LogP contribution in [0.4, 0.5) is 0 Å². The zero-order valence-corrected chi connectivity index (χ0v) is 15.2. The van der Waals surface area contributed by atoms with E-state index in [0.717, 1.165) is 18.6 Å². The Balaban J connectivity index is 2.53. The van der Waals surface area contributed by atoms with E-state index in [9.17, 15) is 4.79 Å². The maximum atomic E-state index is 12.5. The number of hydrogen-bond acceptors (Lipinski definition) is 4. The highest BCUT2D eigenvalue weighted by Crippen LogP contribution is 2.35. The Hall–Kier alpha value is -1.06. The smallest absolute Gasteiger partial charge is 0.354 e. The SMILES string of the molecule is CCCCCCC(C)OC(=O)C1(CC)CC(C(C)(C)C)=NO1. The monoisotopic (exact) mass is 311 g/mol. The van der Waals surface area contributed by atoms with Crippen molar-refractivity contribution < 1.29 is 14.4 Å². The Kier molecular flexibility index (Phi) is 6.89. The first-order chi connectivity index (χ1) is 10.2. The summed E-state index contributed by atoms with van der Waals surface area (Å²) in [7, 11) is 0. The summed E-state index contributed by atoms with van der Waals surface area (Å²) in [5, 5.41) is 4.16.